The first-order valence-corrected chi connectivity index (χ1v) is 6.85. The summed E-state index contributed by atoms with van der Waals surface area (Å²) in [5.41, 5.74) is 6.95. The Morgan fingerprint density at radius 3 is 2.47 bits per heavy atom. The van der Waals surface area contributed by atoms with Crippen molar-refractivity contribution in [2.45, 2.75) is 24.9 Å². The molecule has 0 bridgehead atoms. The first-order chi connectivity index (χ1) is 9.09. The average Bonchev–Trinajstić information content (AvgIpc) is 2.46. The summed E-state index contributed by atoms with van der Waals surface area (Å²) in [4.78, 5) is 16.5. The second-order valence-corrected chi connectivity index (χ2v) is 5.37. The van der Waals surface area contributed by atoms with E-state index in [9.17, 15) is 4.79 Å². The van der Waals surface area contributed by atoms with E-state index < -0.39 is 6.04 Å². The Kier molecular flexibility index (Phi) is 4.56. The summed E-state index contributed by atoms with van der Waals surface area (Å²) in [5, 5.41) is 0. The van der Waals surface area contributed by atoms with Crippen LogP contribution in [0.3, 0.4) is 0 Å². The quantitative estimate of drug-likeness (QED) is 0.890. The van der Waals surface area contributed by atoms with Gasteiger partial charge in [0.15, 0.2) is 0 Å². The highest BCUT2D eigenvalue weighted by molar-refractivity contribution is 5.83. The lowest BCUT2D eigenvalue weighted by Gasteiger charge is -2.36. The number of nitrogens with zero attached hydrogens (tertiary/aromatic N) is 2. The fourth-order valence-electron chi connectivity index (χ4n) is 2.58. The van der Waals surface area contributed by atoms with Crippen molar-refractivity contribution in [1.82, 2.24) is 9.80 Å². The largest absolute Gasteiger partial charge is 0.341 e. The first-order valence-electron chi connectivity index (χ1n) is 6.85. The van der Waals surface area contributed by atoms with Gasteiger partial charge in [-0.25, -0.2) is 0 Å². The van der Waals surface area contributed by atoms with Gasteiger partial charge in [0.2, 0.25) is 5.91 Å². The second-order valence-electron chi connectivity index (χ2n) is 5.37. The number of amides is 1. The number of rotatable bonds is 3. The van der Waals surface area contributed by atoms with Crippen molar-refractivity contribution >= 4 is 5.91 Å². The van der Waals surface area contributed by atoms with E-state index >= 15 is 0 Å². The standard InChI is InChI=1S/C15H23N3O/c1-17-10-8-13(9-11-17)18(2)15(19)14(16)12-6-4-3-5-7-12/h3-7,13-14H,8-11,16H2,1-2H3/t14-/m1/s1. The fourth-order valence-corrected chi connectivity index (χ4v) is 2.58. The van der Waals surface area contributed by atoms with Crippen LogP contribution in [0.5, 0.6) is 0 Å². The van der Waals surface area contributed by atoms with Crippen LogP contribution < -0.4 is 5.73 Å². The van der Waals surface area contributed by atoms with Gasteiger partial charge in [-0.1, -0.05) is 30.3 Å². The smallest absolute Gasteiger partial charge is 0.244 e. The monoisotopic (exact) mass is 261 g/mol. The summed E-state index contributed by atoms with van der Waals surface area (Å²) in [6.07, 6.45) is 2.06. The van der Waals surface area contributed by atoms with Gasteiger partial charge >= 0.3 is 0 Å². The number of piperidine rings is 1. The fraction of sp³-hybridized carbons (Fsp3) is 0.533. The Morgan fingerprint density at radius 1 is 1.32 bits per heavy atom. The Balaban J connectivity index is 1.99. The van der Waals surface area contributed by atoms with E-state index in [1.54, 1.807) is 0 Å². The third-order valence-electron chi connectivity index (χ3n) is 4.01. The number of hydrogen-bond donors (Lipinski definition) is 1. The molecule has 0 aromatic heterocycles. The number of hydrogen-bond acceptors (Lipinski definition) is 3. The summed E-state index contributed by atoms with van der Waals surface area (Å²) in [5.74, 6) is 0.0146. The SMILES string of the molecule is CN1CCC(N(C)C(=O)[C@H](N)c2ccccc2)CC1. The molecule has 1 amide bonds. The molecule has 0 aliphatic carbocycles. The molecule has 0 spiro atoms. The molecular weight excluding hydrogens is 238 g/mol. The number of carbonyl (C=O) groups is 1. The van der Waals surface area contributed by atoms with Crippen LogP contribution >= 0.6 is 0 Å². The molecule has 4 heteroatoms. The van der Waals surface area contributed by atoms with Gasteiger partial charge in [-0.2, -0.15) is 0 Å². The molecular formula is C15H23N3O. The van der Waals surface area contributed by atoms with Crippen molar-refractivity contribution in [3.8, 4) is 0 Å². The minimum atomic E-state index is -0.550. The van der Waals surface area contributed by atoms with Crippen molar-refractivity contribution in [2.24, 2.45) is 5.73 Å². The van der Waals surface area contributed by atoms with Crippen LogP contribution in [0.25, 0.3) is 0 Å². The van der Waals surface area contributed by atoms with Crippen molar-refractivity contribution in [1.29, 1.82) is 0 Å². The molecule has 0 saturated carbocycles. The van der Waals surface area contributed by atoms with E-state index in [4.69, 9.17) is 5.73 Å². The highest BCUT2D eigenvalue weighted by Gasteiger charge is 2.27. The maximum absolute atomic E-state index is 12.4. The van der Waals surface area contributed by atoms with E-state index in [0.717, 1.165) is 31.5 Å². The van der Waals surface area contributed by atoms with E-state index in [1.807, 2.05) is 42.3 Å². The summed E-state index contributed by atoms with van der Waals surface area (Å²) in [6.45, 7) is 2.09. The molecule has 1 fully saturated rings. The van der Waals surface area contributed by atoms with Crippen molar-refractivity contribution in [3.63, 3.8) is 0 Å². The topological polar surface area (TPSA) is 49.6 Å². The lowest BCUT2D eigenvalue weighted by molar-refractivity contribution is -0.134. The average molecular weight is 261 g/mol. The van der Waals surface area contributed by atoms with Crippen LogP contribution in [0.4, 0.5) is 0 Å². The number of carbonyl (C=O) groups excluding carboxylic acids is 1. The summed E-state index contributed by atoms with van der Waals surface area (Å²) < 4.78 is 0. The van der Waals surface area contributed by atoms with Crippen molar-refractivity contribution < 1.29 is 4.79 Å². The van der Waals surface area contributed by atoms with Crippen LogP contribution in [0.1, 0.15) is 24.4 Å². The van der Waals surface area contributed by atoms with Gasteiger partial charge in [-0.05, 0) is 38.5 Å². The zero-order valence-corrected chi connectivity index (χ0v) is 11.7. The molecule has 1 saturated heterocycles. The zero-order chi connectivity index (χ0) is 13.8. The normalized spacial score (nSPS) is 19.1. The Bertz CT molecular complexity index is 413. The minimum absolute atomic E-state index is 0.0146. The van der Waals surface area contributed by atoms with Gasteiger partial charge in [0.1, 0.15) is 6.04 Å². The van der Waals surface area contributed by atoms with Crippen LogP contribution in [0, 0.1) is 0 Å². The molecule has 104 valence electrons. The second kappa shape index (κ2) is 6.17. The summed E-state index contributed by atoms with van der Waals surface area (Å²) in [7, 11) is 3.99. The predicted octanol–water partition coefficient (Wildman–Crippen LogP) is 1.24. The Labute approximate surface area is 115 Å². The highest BCUT2D eigenvalue weighted by atomic mass is 16.2. The van der Waals surface area contributed by atoms with Gasteiger partial charge in [0.05, 0.1) is 0 Å². The van der Waals surface area contributed by atoms with Gasteiger partial charge in [-0.15, -0.1) is 0 Å². The summed E-state index contributed by atoms with van der Waals surface area (Å²) >= 11 is 0. The third kappa shape index (κ3) is 3.33. The maximum atomic E-state index is 12.4. The Morgan fingerprint density at radius 2 is 1.89 bits per heavy atom. The molecule has 1 aromatic carbocycles. The van der Waals surface area contributed by atoms with Crippen LogP contribution in [0.15, 0.2) is 30.3 Å². The molecule has 1 aromatic rings. The minimum Gasteiger partial charge on any atom is -0.341 e. The predicted molar refractivity (Wildman–Crippen MR) is 76.7 cm³/mol. The lowest BCUT2D eigenvalue weighted by atomic mass is 10.0. The molecule has 1 aliphatic heterocycles. The van der Waals surface area contributed by atoms with Crippen molar-refractivity contribution in [2.75, 3.05) is 27.2 Å². The van der Waals surface area contributed by atoms with Crippen molar-refractivity contribution in [3.05, 3.63) is 35.9 Å². The molecule has 1 heterocycles. The van der Waals surface area contributed by atoms with Gasteiger partial charge in [0, 0.05) is 13.1 Å². The lowest BCUT2D eigenvalue weighted by Crippen LogP contribution is -2.47. The molecule has 4 nitrogen and oxygen atoms in total. The maximum Gasteiger partial charge on any atom is 0.244 e. The highest BCUT2D eigenvalue weighted by Crippen LogP contribution is 2.18. The summed E-state index contributed by atoms with van der Waals surface area (Å²) in [6, 6.07) is 9.34. The van der Waals surface area contributed by atoms with Gasteiger partial charge in [0.25, 0.3) is 0 Å². The van der Waals surface area contributed by atoms with Crippen LogP contribution in [-0.4, -0.2) is 48.9 Å². The van der Waals surface area contributed by atoms with Crippen LogP contribution in [-0.2, 0) is 4.79 Å². The number of likely N-dealkylation sites (tertiary alicyclic amines) is 1. The third-order valence-corrected chi connectivity index (χ3v) is 4.01. The number of likely N-dealkylation sites (N-methyl/N-ethyl adjacent to an activating group) is 1. The molecule has 2 N–H and O–H groups in total. The molecule has 2 rings (SSSR count). The number of nitrogens with two attached hydrogens (primary N) is 1. The van der Waals surface area contributed by atoms with E-state index in [-0.39, 0.29) is 5.91 Å². The van der Waals surface area contributed by atoms with E-state index in [1.165, 1.54) is 0 Å². The number of benzene rings is 1. The first kappa shape index (κ1) is 14.0. The zero-order valence-electron chi connectivity index (χ0n) is 11.7. The molecule has 1 aliphatic rings. The molecule has 19 heavy (non-hydrogen) atoms. The van der Waals surface area contributed by atoms with Gasteiger partial charge in [-0.3, -0.25) is 4.79 Å². The van der Waals surface area contributed by atoms with E-state index in [0.29, 0.717) is 6.04 Å². The van der Waals surface area contributed by atoms with Gasteiger partial charge < -0.3 is 15.5 Å². The molecule has 1 atom stereocenters. The Hall–Kier alpha value is -1.39. The van der Waals surface area contributed by atoms with Crippen LogP contribution in [0.2, 0.25) is 0 Å². The molecule has 0 radical (unpaired) electrons. The van der Waals surface area contributed by atoms with E-state index in [2.05, 4.69) is 11.9 Å². The molecule has 0 unspecified atom stereocenters.